The number of anilines is 4. The van der Waals surface area contributed by atoms with Crippen molar-refractivity contribution in [2.45, 2.75) is 12.8 Å². The number of halogens is 2. The zero-order valence-corrected chi connectivity index (χ0v) is 26.4. The lowest BCUT2D eigenvalue weighted by Crippen LogP contribution is -2.17. The Kier molecular flexibility index (Phi) is 9.24. The number of nitrogens with one attached hydrogen (secondary N) is 3. The third kappa shape index (κ3) is 7.78. The Morgan fingerprint density at radius 2 is 1.22 bits per heavy atom. The van der Waals surface area contributed by atoms with E-state index < -0.39 is 0 Å². The van der Waals surface area contributed by atoms with Gasteiger partial charge in [-0.3, -0.25) is 9.59 Å². The van der Waals surface area contributed by atoms with Gasteiger partial charge < -0.3 is 16.0 Å². The van der Waals surface area contributed by atoms with Crippen LogP contribution < -0.4 is 16.0 Å². The molecule has 0 aliphatic heterocycles. The van der Waals surface area contributed by atoms with Gasteiger partial charge in [0.25, 0.3) is 0 Å². The average Bonchev–Trinajstić information content (AvgIpc) is 3.72. The Hall–Kier alpha value is -4.92. The third-order valence-corrected chi connectivity index (χ3v) is 8.67. The maximum Gasteiger partial charge on any atom is 0.226 e. The fourth-order valence-corrected chi connectivity index (χ4v) is 5.96. The second kappa shape index (κ2) is 13.8. The molecular weight excluding hydrogens is 679 g/mol. The number of carbonyl (C=O) groups is 2. The molecule has 0 spiro atoms. The molecule has 14 heteroatoms. The Bertz CT molecular complexity index is 1950. The van der Waals surface area contributed by atoms with Crippen LogP contribution in [0.2, 0.25) is 0 Å². The molecule has 3 N–H and O–H groups in total. The molecule has 6 rings (SSSR count). The van der Waals surface area contributed by atoms with Gasteiger partial charge in [-0.1, -0.05) is 62.9 Å². The quantitative estimate of drug-likeness (QED) is 0.132. The van der Waals surface area contributed by atoms with Crippen molar-refractivity contribution in [2.24, 2.45) is 0 Å². The van der Waals surface area contributed by atoms with Gasteiger partial charge in [0.05, 0.1) is 0 Å². The van der Waals surface area contributed by atoms with Crippen LogP contribution in [0.5, 0.6) is 0 Å². The molecular formula is C31H22BrFN8O2S2. The fourth-order valence-electron chi connectivity index (χ4n) is 4.16. The molecule has 0 radical (unpaired) electrons. The SMILES string of the molecule is O=C(CCC(=O)Nc1nnc(-c2ccc(Nc3ncccc3-c3ccc(F)cc3)cc2)s1)Nc1nnc(-c2ccc(Br)cc2)s1. The first-order valence-electron chi connectivity index (χ1n) is 13.5. The van der Waals surface area contributed by atoms with E-state index >= 15 is 0 Å². The predicted octanol–water partition coefficient (Wildman–Crippen LogP) is 7.79. The van der Waals surface area contributed by atoms with Crippen LogP contribution in [-0.2, 0) is 9.59 Å². The molecule has 0 aliphatic rings. The average molecular weight is 702 g/mol. The van der Waals surface area contributed by atoms with Gasteiger partial charge in [-0.25, -0.2) is 9.37 Å². The molecule has 224 valence electrons. The van der Waals surface area contributed by atoms with E-state index in [0.29, 0.717) is 26.1 Å². The second-order valence-corrected chi connectivity index (χ2v) is 12.4. The number of amides is 2. The molecule has 0 unspecified atom stereocenters. The van der Waals surface area contributed by atoms with Crippen molar-refractivity contribution in [3.63, 3.8) is 0 Å². The highest BCUT2D eigenvalue weighted by Gasteiger charge is 2.14. The van der Waals surface area contributed by atoms with Gasteiger partial charge in [-0.15, -0.1) is 20.4 Å². The maximum absolute atomic E-state index is 13.4. The van der Waals surface area contributed by atoms with E-state index in [2.05, 4.69) is 57.3 Å². The molecule has 0 saturated carbocycles. The highest BCUT2D eigenvalue weighted by atomic mass is 79.9. The molecule has 3 aromatic heterocycles. The fraction of sp³-hybridized carbons (Fsp3) is 0.0645. The lowest BCUT2D eigenvalue weighted by Gasteiger charge is -2.11. The van der Waals surface area contributed by atoms with Gasteiger partial charge in [-0.2, -0.15) is 0 Å². The highest BCUT2D eigenvalue weighted by molar-refractivity contribution is 9.10. The summed E-state index contributed by atoms with van der Waals surface area (Å²) in [6, 6.07) is 25.2. The topological polar surface area (TPSA) is 135 Å². The number of carbonyl (C=O) groups excluding carboxylic acids is 2. The Morgan fingerprint density at radius 3 is 1.80 bits per heavy atom. The number of hydrogen-bond donors (Lipinski definition) is 3. The zero-order valence-electron chi connectivity index (χ0n) is 23.2. The number of benzene rings is 3. The minimum atomic E-state index is -0.354. The lowest BCUT2D eigenvalue weighted by molar-refractivity contribution is -0.121. The smallest absolute Gasteiger partial charge is 0.226 e. The van der Waals surface area contributed by atoms with Crippen molar-refractivity contribution in [1.29, 1.82) is 0 Å². The normalized spacial score (nSPS) is 10.8. The first-order chi connectivity index (χ1) is 21.9. The van der Waals surface area contributed by atoms with Gasteiger partial charge in [-0.05, 0) is 66.2 Å². The molecule has 6 aromatic rings. The molecule has 0 fully saturated rings. The van der Waals surface area contributed by atoms with Crippen LogP contribution in [0, 0.1) is 5.82 Å². The summed E-state index contributed by atoms with van der Waals surface area (Å²) >= 11 is 5.88. The van der Waals surface area contributed by atoms with Crippen LogP contribution in [0.4, 0.5) is 26.2 Å². The van der Waals surface area contributed by atoms with Gasteiger partial charge in [0, 0.05) is 45.9 Å². The Balaban J connectivity index is 1.00. The van der Waals surface area contributed by atoms with E-state index in [1.807, 2.05) is 60.7 Å². The first-order valence-corrected chi connectivity index (χ1v) is 15.9. The van der Waals surface area contributed by atoms with Gasteiger partial charge in [0.1, 0.15) is 21.7 Å². The van der Waals surface area contributed by atoms with Crippen LogP contribution in [-0.4, -0.2) is 37.2 Å². The number of aromatic nitrogens is 5. The van der Waals surface area contributed by atoms with Crippen LogP contribution in [0.3, 0.4) is 0 Å². The minimum Gasteiger partial charge on any atom is -0.340 e. The predicted molar refractivity (Wildman–Crippen MR) is 178 cm³/mol. The molecule has 0 bridgehead atoms. The summed E-state index contributed by atoms with van der Waals surface area (Å²) in [7, 11) is 0. The van der Waals surface area contributed by atoms with E-state index in [4.69, 9.17) is 0 Å². The summed E-state index contributed by atoms with van der Waals surface area (Å²) in [4.78, 5) is 29.3. The van der Waals surface area contributed by atoms with Crippen LogP contribution in [0.15, 0.2) is 95.6 Å². The summed E-state index contributed by atoms with van der Waals surface area (Å²) < 4.78 is 14.3. The van der Waals surface area contributed by atoms with Crippen molar-refractivity contribution in [3.8, 4) is 32.3 Å². The van der Waals surface area contributed by atoms with Gasteiger partial charge in [0.2, 0.25) is 22.1 Å². The van der Waals surface area contributed by atoms with Crippen molar-refractivity contribution >= 4 is 72.2 Å². The summed E-state index contributed by atoms with van der Waals surface area (Å²) in [5, 5.41) is 27.1. The van der Waals surface area contributed by atoms with E-state index in [0.717, 1.165) is 32.4 Å². The summed E-state index contributed by atoms with van der Waals surface area (Å²) in [6.07, 6.45) is 1.62. The lowest BCUT2D eigenvalue weighted by atomic mass is 10.1. The highest BCUT2D eigenvalue weighted by Crippen LogP contribution is 2.31. The van der Waals surface area contributed by atoms with Crippen molar-refractivity contribution in [1.82, 2.24) is 25.4 Å². The maximum atomic E-state index is 13.4. The zero-order chi connectivity index (χ0) is 31.2. The second-order valence-electron chi connectivity index (χ2n) is 9.54. The van der Waals surface area contributed by atoms with Gasteiger partial charge >= 0.3 is 0 Å². The Labute approximate surface area is 272 Å². The molecule has 10 nitrogen and oxygen atoms in total. The first kappa shape index (κ1) is 30.1. The summed E-state index contributed by atoms with van der Waals surface area (Å²) in [6.45, 7) is 0. The standard InChI is InChI=1S/C31H22BrFN8O2S2/c32-21-9-3-19(4-10-21)28-38-40-30(44-28)36-25(42)15-16-26(43)37-31-41-39-29(45-31)20-7-13-23(14-8-20)35-27-24(2-1-17-34-27)18-5-11-22(33)12-6-18/h1-14,17H,15-16H2,(H,34,35)(H,36,40,42)(H,37,41,43). The van der Waals surface area contributed by atoms with Gasteiger partial charge in [0.15, 0.2) is 0 Å². The molecule has 3 aromatic carbocycles. The largest absolute Gasteiger partial charge is 0.340 e. The van der Waals surface area contributed by atoms with E-state index in [-0.39, 0.29) is 30.5 Å². The number of rotatable bonds is 10. The molecule has 45 heavy (non-hydrogen) atoms. The van der Waals surface area contributed by atoms with Crippen LogP contribution in [0.25, 0.3) is 32.3 Å². The molecule has 0 saturated heterocycles. The van der Waals surface area contributed by atoms with E-state index in [1.165, 1.54) is 34.8 Å². The van der Waals surface area contributed by atoms with E-state index in [1.54, 1.807) is 18.3 Å². The third-order valence-electron chi connectivity index (χ3n) is 6.37. The molecule has 3 heterocycles. The monoisotopic (exact) mass is 700 g/mol. The van der Waals surface area contributed by atoms with Crippen LogP contribution >= 0.6 is 38.6 Å². The van der Waals surface area contributed by atoms with Crippen molar-refractivity contribution < 1.29 is 14.0 Å². The molecule has 0 aliphatic carbocycles. The summed E-state index contributed by atoms with van der Waals surface area (Å²) in [5.41, 5.74) is 4.19. The van der Waals surface area contributed by atoms with Crippen LogP contribution in [0.1, 0.15) is 12.8 Å². The Morgan fingerprint density at radius 1 is 0.689 bits per heavy atom. The minimum absolute atomic E-state index is 0.0295. The van der Waals surface area contributed by atoms with E-state index in [9.17, 15) is 14.0 Å². The van der Waals surface area contributed by atoms with Crippen molar-refractivity contribution in [3.05, 3.63) is 101 Å². The number of hydrogen-bond acceptors (Lipinski definition) is 10. The number of nitrogens with zero attached hydrogens (tertiary/aromatic N) is 5. The number of pyridine rings is 1. The molecule has 2 amide bonds. The summed E-state index contributed by atoms with van der Waals surface area (Å²) in [5.74, 6) is -0.356. The molecule has 0 atom stereocenters. The van der Waals surface area contributed by atoms with Crippen molar-refractivity contribution in [2.75, 3.05) is 16.0 Å².